The number of anilines is 1. The Labute approximate surface area is 112 Å². The molecular weight excluding hydrogens is 244 g/mol. The van der Waals surface area contributed by atoms with Gasteiger partial charge in [0.2, 0.25) is 5.91 Å². The molecule has 1 aromatic rings. The first-order chi connectivity index (χ1) is 8.75. The van der Waals surface area contributed by atoms with Crippen molar-refractivity contribution in [3.63, 3.8) is 0 Å². The van der Waals surface area contributed by atoms with Gasteiger partial charge < -0.3 is 4.90 Å². The molecule has 0 saturated carbocycles. The van der Waals surface area contributed by atoms with Crippen LogP contribution in [0.5, 0.6) is 0 Å². The quantitative estimate of drug-likeness (QED) is 0.839. The third kappa shape index (κ3) is 2.15. The van der Waals surface area contributed by atoms with Gasteiger partial charge in [0.15, 0.2) is 0 Å². The van der Waals surface area contributed by atoms with Crippen LogP contribution in [0.15, 0.2) is 18.2 Å². The van der Waals surface area contributed by atoms with Crippen molar-refractivity contribution in [3.05, 3.63) is 29.3 Å². The van der Waals surface area contributed by atoms with Gasteiger partial charge in [0, 0.05) is 23.9 Å². The monoisotopic (exact) mass is 262 g/mol. The van der Waals surface area contributed by atoms with E-state index in [2.05, 4.69) is 30.4 Å². The van der Waals surface area contributed by atoms with E-state index >= 15 is 0 Å². The second-order valence-corrected chi connectivity index (χ2v) is 6.03. The van der Waals surface area contributed by atoms with Gasteiger partial charge in [-0.3, -0.25) is 10.1 Å². The Morgan fingerprint density at radius 3 is 3.17 bits per heavy atom. The van der Waals surface area contributed by atoms with E-state index in [0.29, 0.717) is 0 Å². The van der Waals surface area contributed by atoms with Gasteiger partial charge in [0.05, 0.1) is 6.04 Å². The smallest absolute Gasteiger partial charge is 0.245 e. The van der Waals surface area contributed by atoms with Crippen LogP contribution in [0.2, 0.25) is 0 Å². The third-order valence-corrected chi connectivity index (χ3v) is 4.57. The number of fused-ring (bicyclic) bond motifs is 1. The lowest BCUT2D eigenvalue weighted by Gasteiger charge is -2.31. The number of benzene rings is 1. The summed E-state index contributed by atoms with van der Waals surface area (Å²) in [6.45, 7) is 2.97. The number of thioether (sulfide) groups is 1. The molecule has 1 amide bonds. The third-order valence-electron chi connectivity index (χ3n) is 3.63. The molecule has 1 N–H and O–H groups in total. The van der Waals surface area contributed by atoms with E-state index in [1.54, 1.807) is 11.8 Å². The van der Waals surface area contributed by atoms with Crippen molar-refractivity contribution in [1.29, 1.82) is 0 Å². The van der Waals surface area contributed by atoms with Crippen molar-refractivity contribution in [2.45, 2.75) is 25.8 Å². The molecule has 0 aromatic heterocycles. The highest BCUT2D eigenvalue weighted by Gasteiger charge is 2.30. The molecular formula is C14H18N2OS. The molecule has 3 nitrogen and oxygen atoms in total. The Morgan fingerprint density at radius 2 is 2.39 bits per heavy atom. The lowest BCUT2D eigenvalue weighted by molar-refractivity contribution is -0.120. The van der Waals surface area contributed by atoms with Crippen LogP contribution in [-0.2, 0) is 11.2 Å². The summed E-state index contributed by atoms with van der Waals surface area (Å²) in [6.07, 6.45) is 2.16. The number of carbonyl (C=O) groups excluding carboxylic acids is 1. The van der Waals surface area contributed by atoms with Crippen molar-refractivity contribution in [3.8, 4) is 0 Å². The normalized spacial score (nSPS) is 22.9. The van der Waals surface area contributed by atoms with E-state index in [1.807, 2.05) is 4.90 Å². The number of carbonyl (C=O) groups is 1. The fourth-order valence-corrected chi connectivity index (χ4v) is 3.63. The van der Waals surface area contributed by atoms with Crippen LogP contribution in [0.4, 0.5) is 5.69 Å². The lowest BCUT2D eigenvalue weighted by atomic mass is 9.99. The zero-order valence-electron chi connectivity index (χ0n) is 10.6. The molecule has 1 aromatic carbocycles. The summed E-state index contributed by atoms with van der Waals surface area (Å²) in [4.78, 5) is 14.5. The van der Waals surface area contributed by atoms with Gasteiger partial charge >= 0.3 is 0 Å². The van der Waals surface area contributed by atoms with Crippen molar-refractivity contribution in [2.75, 3.05) is 23.1 Å². The maximum atomic E-state index is 12.5. The minimum Gasteiger partial charge on any atom is -0.311 e. The van der Waals surface area contributed by atoms with Gasteiger partial charge in [-0.15, -0.1) is 11.8 Å². The molecule has 2 aliphatic heterocycles. The second kappa shape index (κ2) is 4.94. The molecule has 0 radical (unpaired) electrons. The highest BCUT2D eigenvalue weighted by Crippen LogP contribution is 2.29. The average molecular weight is 262 g/mol. The minimum atomic E-state index is 0.00209. The molecule has 1 fully saturated rings. The van der Waals surface area contributed by atoms with Crippen LogP contribution >= 0.6 is 11.8 Å². The molecule has 4 heteroatoms. The number of rotatable bonds is 1. The fraction of sp³-hybridized carbons (Fsp3) is 0.500. The summed E-state index contributed by atoms with van der Waals surface area (Å²) in [5.74, 6) is 2.03. The van der Waals surface area contributed by atoms with E-state index in [1.165, 1.54) is 11.1 Å². The molecule has 0 aliphatic carbocycles. The maximum Gasteiger partial charge on any atom is 0.245 e. The van der Waals surface area contributed by atoms with Crippen LogP contribution in [0.25, 0.3) is 0 Å². The number of amides is 1. The van der Waals surface area contributed by atoms with E-state index < -0.39 is 0 Å². The summed E-state index contributed by atoms with van der Waals surface area (Å²) < 4.78 is 0. The molecule has 1 atom stereocenters. The summed E-state index contributed by atoms with van der Waals surface area (Å²) in [6, 6.07) is 6.42. The SMILES string of the molecule is Cc1ccc2c(c1)CCCN2C(=O)C1CSCN1. The second-order valence-electron chi connectivity index (χ2n) is 5.00. The molecule has 0 bridgehead atoms. The molecule has 96 valence electrons. The van der Waals surface area contributed by atoms with E-state index in [-0.39, 0.29) is 11.9 Å². The van der Waals surface area contributed by atoms with E-state index in [0.717, 1.165) is 36.7 Å². The average Bonchev–Trinajstić information content (AvgIpc) is 2.90. The Hall–Kier alpha value is -1.000. The van der Waals surface area contributed by atoms with Gasteiger partial charge in [0.1, 0.15) is 0 Å². The Bertz CT molecular complexity index is 469. The Kier molecular flexibility index (Phi) is 3.31. The molecule has 2 heterocycles. The van der Waals surface area contributed by atoms with Crippen molar-refractivity contribution in [2.24, 2.45) is 0 Å². The summed E-state index contributed by atoms with van der Waals surface area (Å²) >= 11 is 1.80. The van der Waals surface area contributed by atoms with Crippen LogP contribution in [-0.4, -0.2) is 30.1 Å². The number of aryl methyl sites for hydroxylation is 2. The van der Waals surface area contributed by atoms with Gasteiger partial charge in [-0.1, -0.05) is 17.7 Å². The highest BCUT2D eigenvalue weighted by molar-refractivity contribution is 7.99. The standard InChI is InChI=1S/C14H18N2OS/c1-10-4-5-13-11(7-10)3-2-6-16(13)14(17)12-8-18-9-15-12/h4-5,7,12,15H,2-3,6,8-9H2,1H3. The largest absolute Gasteiger partial charge is 0.311 e. The zero-order valence-corrected chi connectivity index (χ0v) is 11.4. The number of nitrogens with one attached hydrogen (secondary N) is 1. The minimum absolute atomic E-state index is 0.00209. The van der Waals surface area contributed by atoms with Crippen molar-refractivity contribution >= 4 is 23.4 Å². The first kappa shape index (κ1) is 12.1. The first-order valence-corrected chi connectivity index (χ1v) is 7.63. The van der Waals surface area contributed by atoms with Gasteiger partial charge in [-0.25, -0.2) is 0 Å². The Morgan fingerprint density at radius 1 is 1.50 bits per heavy atom. The van der Waals surface area contributed by atoms with Gasteiger partial charge in [0.25, 0.3) is 0 Å². The first-order valence-electron chi connectivity index (χ1n) is 6.48. The van der Waals surface area contributed by atoms with Crippen molar-refractivity contribution in [1.82, 2.24) is 5.32 Å². The molecule has 3 rings (SSSR count). The van der Waals surface area contributed by atoms with Gasteiger partial charge in [-0.2, -0.15) is 0 Å². The van der Waals surface area contributed by atoms with E-state index in [4.69, 9.17) is 0 Å². The number of nitrogens with zero attached hydrogens (tertiary/aromatic N) is 1. The van der Waals surface area contributed by atoms with Crippen LogP contribution in [0.3, 0.4) is 0 Å². The van der Waals surface area contributed by atoms with Crippen molar-refractivity contribution < 1.29 is 4.79 Å². The van der Waals surface area contributed by atoms with E-state index in [9.17, 15) is 4.79 Å². The molecule has 2 aliphatic rings. The van der Waals surface area contributed by atoms with Crippen LogP contribution < -0.4 is 10.2 Å². The topological polar surface area (TPSA) is 32.3 Å². The maximum absolute atomic E-state index is 12.5. The Balaban J connectivity index is 1.88. The number of hydrogen-bond donors (Lipinski definition) is 1. The zero-order chi connectivity index (χ0) is 12.5. The van der Waals surface area contributed by atoms with Gasteiger partial charge in [-0.05, 0) is 31.4 Å². The summed E-state index contributed by atoms with van der Waals surface area (Å²) in [5, 5.41) is 3.27. The predicted octanol–water partition coefficient (Wildman–Crippen LogP) is 1.94. The molecule has 0 spiro atoms. The molecule has 1 unspecified atom stereocenters. The molecule has 18 heavy (non-hydrogen) atoms. The highest BCUT2D eigenvalue weighted by atomic mass is 32.2. The summed E-state index contributed by atoms with van der Waals surface area (Å²) in [7, 11) is 0. The van der Waals surface area contributed by atoms with Crippen LogP contribution in [0.1, 0.15) is 17.5 Å². The van der Waals surface area contributed by atoms with Crippen LogP contribution in [0, 0.1) is 6.92 Å². The summed E-state index contributed by atoms with van der Waals surface area (Å²) in [5.41, 5.74) is 3.72. The fourth-order valence-electron chi connectivity index (χ4n) is 2.70. The molecule has 1 saturated heterocycles. The predicted molar refractivity (Wildman–Crippen MR) is 76.1 cm³/mol. The lowest BCUT2D eigenvalue weighted by Crippen LogP contribution is -2.47. The number of hydrogen-bond acceptors (Lipinski definition) is 3.